The molecule has 1 aromatic carbocycles. The smallest absolute Gasteiger partial charge is 0.0411 e. The molecule has 1 unspecified atom stereocenters. The van der Waals surface area contributed by atoms with Crippen LogP contribution in [0.5, 0.6) is 0 Å². The van der Waals surface area contributed by atoms with E-state index in [1.807, 2.05) is 6.92 Å². The standard InChI is InChI=1S/C11H16N2/c1-8(12)9-2-4-10(5-3-9)11(13)6-7-11/h2-5,8H,6-7,12-13H2,1H3. The first-order chi connectivity index (χ1) is 6.12. The highest BCUT2D eigenvalue weighted by Crippen LogP contribution is 2.42. The molecule has 1 fully saturated rings. The summed E-state index contributed by atoms with van der Waals surface area (Å²) in [6, 6.07) is 8.47. The van der Waals surface area contributed by atoms with Gasteiger partial charge in [0.1, 0.15) is 0 Å². The van der Waals surface area contributed by atoms with Crippen molar-refractivity contribution in [2.24, 2.45) is 11.5 Å². The molecule has 2 nitrogen and oxygen atoms in total. The number of rotatable bonds is 2. The van der Waals surface area contributed by atoms with Crippen molar-refractivity contribution >= 4 is 0 Å². The van der Waals surface area contributed by atoms with Gasteiger partial charge in [-0.25, -0.2) is 0 Å². The highest BCUT2D eigenvalue weighted by molar-refractivity contribution is 5.33. The zero-order chi connectivity index (χ0) is 9.47. The molecule has 0 aliphatic heterocycles. The summed E-state index contributed by atoms with van der Waals surface area (Å²) in [6.07, 6.45) is 2.23. The van der Waals surface area contributed by atoms with E-state index in [1.165, 1.54) is 11.1 Å². The number of hydrogen-bond donors (Lipinski definition) is 2. The number of benzene rings is 1. The van der Waals surface area contributed by atoms with Crippen LogP contribution in [-0.2, 0) is 5.54 Å². The van der Waals surface area contributed by atoms with Gasteiger partial charge in [-0.2, -0.15) is 0 Å². The zero-order valence-corrected chi connectivity index (χ0v) is 7.96. The third kappa shape index (κ3) is 1.60. The monoisotopic (exact) mass is 176 g/mol. The van der Waals surface area contributed by atoms with Crippen LogP contribution in [0.4, 0.5) is 0 Å². The summed E-state index contributed by atoms with van der Waals surface area (Å²) in [7, 11) is 0. The largest absolute Gasteiger partial charge is 0.324 e. The van der Waals surface area contributed by atoms with Crippen LogP contribution in [0.25, 0.3) is 0 Å². The summed E-state index contributed by atoms with van der Waals surface area (Å²) in [5.41, 5.74) is 14.2. The van der Waals surface area contributed by atoms with E-state index in [-0.39, 0.29) is 11.6 Å². The molecule has 70 valence electrons. The van der Waals surface area contributed by atoms with E-state index < -0.39 is 0 Å². The van der Waals surface area contributed by atoms with Crippen LogP contribution in [0.15, 0.2) is 24.3 Å². The Bertz CT molecular complexity index is 296. The summed E-state index contributed by atoms with van der Waals surface area (Å²) >= 11 is 0. The summed E-state index contributed by atoms with van der Waals surface area (Å²) in [4.78, 5) is 0. The molecule has 4 N–H and O–H groups in total. The van der Waals surface area contributed by atoms with Gasteiger partial charge in [0, 0.05) is 11.6 Å². The van der Waals surface area contributed by atoms with Crippen LogP contribution < -0.4 is 11.5 Å². The van der Waals surface area contributed by atoms with Gasteiger partial charge in [-0.1, -0.05) is 24.3 Å². The van der Waals surface area contributed by atoms with Crippen LogP contribution in [0.3, 0.4) is 0 Å². The first kappa shape index (κ1) is 8.73. The molecule has 1 aromatic rings. The second-order valence-electron chi connectivity index (χ2n) is 4.07. The Morgan fingerprint density at radius 2 is 1.77 bits per heavy atom. The fourth-order valence-electron chi connectivity index (χ4n) is 1.54. The van der Waals surface area contributed by atoms with Crippen molar-refractivity contribution in [1.82, 2.24) is 0 Å². The summed E-state index contributed by atoms with van der Waals surface area (Å²) in [5.74, 6) is 0. The highest BCUT2D eigenvalue weighted by Gasteiger charge is 2.39. The maximum absolute atomic E-state index is 6.06. The van der Waals surface area contributed by atoms with E-state index in [0.717, 1.165) is 12.8 Å². The molecular formula is C11H16N2. The molecule has 2 heteroatoms. The molecule has 1 atom stereocenters. The second-order valence-corrected chi connectivity index (χ2v) is 4.07. The van der Waals surface area contributed by atoms with E-state index >= 15 is 0 Å². The SMILES string of the molecule is CC(N)c1ccc(C2(N)CC2)cc1. The lowest BCUT2D eigenvalue weighted by Gasteiger charge is -2.11. The fraction of sp³-hybridized carbons (Fsp3) is 0.455. The first-order valence-electron chi connectivity index (χ1n) is 4.77. The minimum atomic E-state index is -0.0175. The maximum atomic E-state index is 6.06. The first-order valence-corrected chi connectivity index (χ1v) is 4.77. The summed E-state index contributed by atoms with van der Waals surface area (Å²) in [6.45, 7) is 1.99. The Hall–Kier alpha value is -0.860. The molecule has 0 amide bonds. The van der Waals surface area contributed by atoms with Gasteiger partial charge in [0.25, 0.3) is 0 Å². The lowest BCUT2D eigenvalue weighted by molar-refractivity contribution is 0.736. The third-order valence-electron chi connectivity index (χ3n) is 2.80. The van der Waals surface area contributed by atoms with Crippen molar-refractivity contribution in [3.05, 3.63) is 35.4 Å². The third-order valence-corrected chi connectivity index (χ3v) is 2.80. The number of hydrogen-bond acceptors (Lipinski definition) is 2. The predicted molar refractivity (Wildman–Crippen MR) is 54.1 cm³/mol. The Balaban J connectivity index is 2.24. The Labute approximate surface area is 78.9 Å². The van der Waals surface area contributed by atoms with Gasteiger partial charge in [0.2, 0.25) is 0 Å². The summed E-state index contributed by atoms with van der Waals surface area (Å²) < 4.78 is 0. The molecule has 0 bridgehead atoms. The van der Waals surface area contributed by atoms with Gasteiger partial charge >= 0.3 is 0 Å². The van der Waals surface area contributed by atoms with E-state index in [9.17, 15) is 0 Å². The quantitative estimate of drug-likeness (QED) is 0.720. The van der Waals surface area contributed by atoms with Gasteiger partial charge in [-0.15, -0.1) is 0 Å². The average molecular weight is 176 g/mol. The van der Waals surface area contributed by atoms with Crippen LogP contribution in [0.2, 0.25) is 0 Å². The minimum absolute atomic E-state index is 0.0175. The van der Waals surface area contributed by atoms with Crippen molar-refractivity contribution in [2.45, 2.75) is 31.3 Å². The topological polar surface area (TPSA) is 52.0 Å². The van der Waals surface area contributed by atoms with Gasteiger partial charge in [0.15, 0.2) is 0 Å². The van der Waals surface area contributed by atoms with Crippen LogP contribution in [-0.4, -0.2) is 0 Å². The maximum Gasteiger partial charge on any atom is 0.0411 e. The van der Waals surface area contributed by atoms with Crippen LogP contribution in [0.1, 0.15) is 36.9 Å². The lowest BCUT2D eigenvalue weighted by Crippen LogP contribution is -2.18. The molecule has 0 spiro atoms. The van der Waals surface area contributed by atoms with Crippen LogP contribution in [0, 0.1) is 0 Å². The number of nitrogens with two attached hydrogens (primary N) is 2. The van der Waals surface area contributed by atoms with Crippen molar-refractivity contribution in [3.63, 3.8) is 0 Å². The molecule has 1 aliphatic carbocycles. The normalized spacial score (nSPS) is 21.2. The molecule has 0 heterocycles. The molecule has 0 aromatic heterocycles. The van der Waals surface area contributed by atoms with Gasteiger partial charge in [-0.05, 0) is 30.9 Å². The fourth-order valence-corrected chi connectivity index (χ4v) is 1.54. The summed E-state index contributed by atoms with van der Waals surface area (Å²) in [5, 5.41) is 0. The van der Waals surface area contributed by atoms with Gasteiger partial charge in [0.05, 0.1) is 0 Å². The van der Waals surface area contributed by atoms with Crippen molar-refractivity contribution < 1.29 is 0 Å². The van der Waals surface area contributed by atoms with Gasteiger partial charge in [-0.3, -0.25) is 0 Å². The molecule has 1 saturated carbocycles. The van der Waals surface area contributed by atoms with E-state index in [4.69, 9.17) is 11.5 Å². The molecule has 0 saturated heterocycles. The zero-order valence-electron chi connectivity index (χ0n) is 7.96. The Morgan fingerprint density at radius 3 is 2.15 bits per heavy atom. The van der Waals surface area contributed by atoms with E-state index in [1.54, 1.807) is 0 Å². The predicted octanol–water partition coefficient (Wildman–Crippen LogP) is 1.65. The Kier molecular flexibility index (Phi) is 1.90. The lowest BCUT2D eigenvalue weighted by atomic mass is 10.0. The molecule has 0 radical (unpaired) electrons. The minimum Gasteiger partial charge on any atom is -0.324 e. The van der Waals surface area contributed by atoms with Crippen LogP contribution >= 0.6 is 0 Å². The second kappa shape index (κ2) is 2.82. The molecule has 1 aliphatic rings. The van der Waals surface area contributed by atoms with E-state index in [0.29, 0.717) is 0 Å². The molecule has 13 heavy (non-hydrogen) atoms. The average Bonchev–Trinajstić information content (AvgIpc) is 2.85. The van der Waals surface area contributed by atoms with Crippen molar-refractivity contribution in [3.8, 4) is 0 Å². The molecule has 2 rings (SSSR count). The highest BCUT2D eigenvalue weighted by atomic mass is 14.8. The molecular weight excluding hydrogens is 160 g/mol. The Morgan fingerprint density at radius 1 is 1.23 bits per heavy atom. The van der Waals surface area contributed by atoms with Crippen molar-refractivity contribution in [2.75, 3.05) is 0 Å². The van der Waals surface area contributed by atoms with E-state index in [2.05, 4.69) is 24.3 Å². The van der Waals surface area contributed by atoms with Crippen molar-refractivity contribution in [1.29, 1.82) is 0 Å². The van der Waals surface area contributed by atoms with Gasteiger partial charge < -0.3 is 11.5 Å².